The fourth-order valence-electron chi connectivity index (χ4n) is 1.32. The number of carbonyl (C=O) groups is 1. The second kappa shape index (κ2) is 5.92. The van der Waals surface area contributed by atoms with Crippen molar-refractivity contribution in [1.82, 2.24) is 10.5 Å². The maximum Gasteiger partial charge on any atom is 0.289 e. The molecule has 0 aromatic carbocycles. The summed E-state index contributed by atoms with van der Waals surface area (Å²) in [6.45, 7) is 0.358. The molecule has 0 radical (unpaired) electrons. The molecule has 1 N–H and O–H groups in total. The molecular formula is C11H12N2O3S2. The number of aromatic nitrogens is 1. The SMILES string of the molecule is C[S@@](=O)CCNC(=O)c1cc(-c2cccs2)no1. The molecule has 0 bridgehead atoms. The number of rotatable bonds is 5. The predicted octanol–water partition coefficient (Wildman–Crippen LogP) is 1.51. The van der Waals surface area contributed by atoms with Crippen LogP contribution in [-0.4, -0.2) is 33.8 Å². The molecule has 2 aromatic heterocycles. The first-order valence-corrected chi connectivity index (χ1v) is 7.86. The van der Waals surface area contributed by atoms with Crippen LogP contribution in [0.25, 0.3) is 10.6 Å². The van der Waals surface area contributed by atoms with Gasteiger partial charge in [-0.25, -0.2) is 0 Å². The summed E-state index contributed by atoms with van der Waals surface area (Å²) in [5, 5.41) is 8.39. The van der Waals surface area contributed by atoms with Crippen LogP contribution in [0.2, 0.25) is 0 Å². The molecule has 0 aliphatic carbocycles. The lowest BCUT2D eigenvalue weighted by Crippen LogP contribution is -2.27. The Morgan fingerprint density at radius 3 is 3.11 bits per heavy atom. The van der Waals surface area contributed by atoms with Gasteiger partial charge in [0.05, 0.1) is 4.88 Å². The third-order valence-electron chi connectivity index (χ3n) is 2.18. The van der Waals surface area contributed by atoms with Crippen LogP contribution in [0.5, 0.6) is 0 Å². The van der Waals surface area contributed by atoms with Crippen LogP contribution in [-0.2, 0) is 10.8 Å². The average Bonchev–Trinajstić information content (AvgIpc) is 2.99. The van der Waals surface area contributed by atoms with E-state index in [9.17, 15) is 9.00 Å². The summed E-state index contributed by atoms with van der Waals surface area (Å²) in [5.74, 6) is 0.258. The maximum absolute atomic E-state index is 11.7. The van der Waals surface area contributed by atoms with Gasteiger partial charge >= 0.3 is 0 Å². The molecule has 7 heteroatoms. The molecule has 96 valence electrons. The highest BCUT2D eigenvalue weighted by Gasteiger charge is 2.13. The van der Waals surface area contributed by atoms with E-state index < -0.39 is 10.8 Å². The molecule has 2 aromatic rings. The van der Waals surface area contributed by atoms with Crippen molar-refractivity contribution in [2.75, 3.05) is 18.6 Å². The summed E-state index contributed by atoms with van der Waals surface area (Å²) in [7, 11) is -0.917. The van der Waals surface area contributed by atoms with Gasteiger partial charge in [-0.2, -0.15) is 0 Å². The number of amides is 1. The van der Waals surface area contributed by atoms with E-state index in [0.717, 1.165) is 4.88 Å². The van der Waals surface area contributed by atoms with E-state index >= 15 is 0 Å². The predicted molar refractivity (Wildman–Crippen MR) is 71.1 cm³/mol. The second-order valence-electron chi connectivity index (χ2n) is 3.59. The first kappa shape index (κ1) is 13.0. The van der Waals surface area contributed by atoms with Crippen LogP contribution < -0.4 is 5.32 Å². The Hall–Kier alpha value is -1.47. The summed E-state index contributed by atoms with van der Waals surface area (Å²) in [6, 6.07) is 5.42. The van der Waals surface area contributed by atoms with Crippen molar-refractivity contribution in [3.05, 3.63) is 29.3 Å². The third-order valence-corrected chi connectivity index (χ3v) is 3.85. The molecule has 0 fully saturated rings. The molecular weight excluding hydrogens is 272 g/mol. The molecule has 0 unspecified atom stereocenters. The summed E-state index contributed by atoms with van der Waals surface area (Å²) >= 11 is 1.53. The Bertz CT molecular complexity index is 548. The van der Waals surface area contributed by atoms with Crippen LogP contribution in [0.1, 0.15) is 10.6 Å². The minimum absolute atomic E-state index is 0.167. The summed E-state index contributed by atoms with van der Waals surface area (Å²) in [5.41, 5.74) is 0.647. The monoisotopic (exact) mass is 284 g/mol. The summed E-state index contributed by atoms with van der Waals surface area (Å²) < 4.78 is 15.8. The van der Waals surface area contributed by atoms with Crippen molar-refractivity contribution in [2.45, 2.75) is 0 Å². The Balaban J connectivity index is 1.97. The van der Waals surface area contributed by atoms with Gasteiger partial charge in [0.2, 0.25) is 5.76 Å². The zero-order chi connectivity index (χ0) is 13.0. The molecule has 0 saturated carbocycles. The number of carbonyl (C=O) groups excluding carboxylic acids is 1. The van der Waals surface area contributed by atoms with E-state index in [1.54, 1.807) is 12.3 Å². The molecule has 5 nitrogen and oxygen atoms in total. The Morgan fingerprint density at radius 2 is 2.44 bits per heavy atom. The number of nitrogens with one attached hydrogen (secondary N) is 1. The largest absolute Gasteiger partial charge is 0.350 e. The first-order chi connectivity index (χ1) is 8.66. The average molecular weight is 284 g/mol. The van der Waals surface area contributed by atoms with Gasteiger partial charge in [-0.3, -0.25) is 9.00 Å². The number of hydrogen-bond acceptors (Lipinski definition) is 5. The summed E-state index contributed by atoms with van der Waals surface area (Å²) in [4.78, 5) is 12.6. The standard InChI is InChI=1S/C11H12N2O3S2/c1-18(15)6-4-12-11(14)9-7-8(13-16-9)10-3-2-5-17-10/h2-3,5,7H,4,6H2,1H3,(H,12,14)/t18-/m1/s1. The van der Waals surface area contributed by atoms with Crippen LogP contribution in [0.4, 0.5) is 0 Å². The van der Waals surface area contributed by atoms with Crippen molar-refractivity contribution in [3.63, 3.8) is 0 Å². The van der Waals surface area contributed by atoms with Crippen molar-refractivity contribution in [3.8, 4) is 10.6 Å². The zero-order valence-corrected chi connectivity index (χ0v) is 11.3. The van der Waals surface area contributed by atoms with E-state index in [1.807, 2.05) is 17.5 Å². The van der Waals surface area contributed by atoms with Gasteiger partial charge in [-0.1, -0.05) is 11.2 Å². The van der Waals surface area contributed by atoms with Crippen molar-refractivity contribution >= 4 is 28.0 Å². The molecule has 18 heavy (non-hydrogen) atoms. The van der Waals surface area contributed by atoms with Gasteiger partial charge in [0.25, 0.3) is 5.91 Å². The highest BCUT2D eigenvalue weighted by Crippen LogP contribution is 2.23. The molecule has 1 atom stereocenters. The smallest absolute Gasteiger partial charge is 0.289 e. The fourth-order valence-corrected chi connectivity index (χ4v) is 2.39. The third kappa shape index (κ3) is 3.27. The van der Waals surface area contributed by atoms with Crippen molar-refractivity contribution < 1.29 is 13.5 Å². The lowest BCUT2D eigenvalue weighted by Gasteiger charge is -1.99. The number of hydrogen-bond donors (Lipinski definition) is 1. The normalized spacial score (nSPS) is 12.3. The Labute approximate surface area is 111 Å². The minimum atomic E-state index is -0.917. The topological polar surface area (TPSA) is 72.2 Å². The molecule has 0 spiro atoms. The zero-order valence-electron chi connectivity index (χ0n) is 9.71. The Morgan fingerprint density at radius 1 is 1.61 bits per heavy atom. The molecule has 2 rings (SSSR count). The molecule has 1 amide bonds. The highest BCUT2D eigenvalue weighted by atomic mass is 32.2. The van der Waals surface area contributed by atoms with Gasteiger partial charge in [0.15, 0.2) is 0 Å². The molecule has 0 saturated heterocycles. The van der Waals surface area contributed by atoms with Gasteiger partial charge in [-0.05, 0) is 11.4 Å². The van der Waals surface area contributed by atoms with Crippen molar-refractivity contribution in [1.29, 1.82) is 0 Å². The quantitative estimate of drug-likeness (QED) is 0.903. The van der Waals surface area contributed by atoms with Crippen LogP contribution in [0.3, 0.4) is 0 Å². The van der Waals surface area contributed by atoms with Gasteiger partial charge in [-0.15, -0.1) is 11.3 Å². The Kier molecular flexibility index (Phi) is 4.27. The lowest BCUT2D eigenvalue weighted by molar-refractivity contribution is 0.0919. The second-order valence-corrected chi connectivity index (χ2v) is 6.09. The van der Waals surface area contributed by atoms with Gasteiger partial charge in [0.1, 0.15) is 5.69 Å². The van der Waals surface area contributed by atoms with Gasteiger partial charge in [0, 0.05) is 35.4 Å². The van der Waals surface area contributed by atoms with E-state index in [-0.39, 0.29) is 11.7 Å². The highest BCUT2D eigenvalue weighted by molar-refractivity contribution is 7.84. The number of thiophene rings is 1. The minimum Gasteiger partial charge on any atom is -0.350 e. The van der Waals surface area contributed by atoms with Crippen LogP contribution in [0.15, 0.2) is 28.1 Å². The molecule has 0 aliphatic heterocycles. The van der Waals surface area contributed by atoms with E-state index in [1.165, 1.54) is 11.3 Å². The van der Waals surface area contributed by atoms with Crippen LogP contribution >= 0.6 is 11.3 Å². The first-order valence-electron chi connectivity index (χ1n) is 5.25. The van der Waals surface area contributed by atoms with Crippen LogP contribution in [0, 0.1) is 0 Å². The van der Waals surface area contributed by atoms with E-state index in [0.29, 0.717) is 18.0 Å². The van der Waals surface area contributed by atoms with Gasteiger partial charge < -0.3 is 9.84 Å². The lowest BCUT2D eigenvalue weighted by atomic mass is 10.3. The summed E-state index contributed by atoms with van der Waals surface area (Å²) in [6.07, 6.45) is 1.59. The van der Waals surface area contributed by atoms with E-state index in [2.05, 4.69) is 10.5 Å². The number of nitrogens with zero attached hydrogens (tertiary/aromatic N) is 1. The van der Waals surface area contributed by atoms with Crippen molar-refractivity contribution in [2.24, 2.45) is 0 Å². The fraction of sp³-hybridized carbons (Fsp3) is 0.273. The maximum atomic E-state index is 11.7. The van der Waals surface area contributed by atoms with E-state index in [4.69, 9.17) is 4.52 Å². The molecule has 0 aliphatic rings. The molecule has 2 heterocycles.